The molecule has 62 valence electrons. The molecule has 1 fully saturated rings. The smallest absolute Gasteiger partial charge is 0.00315 e. The normalized spacial score (nSPS) is 24.4. The van der Waals surface area contributed by atoms with E-state index in [0.717, 1.165) is 0 Å². The standard InChI is InChI=1S/C11H18/c1-8(2)7-9-10(3,4)11(9,5)6/h1-6H3. The van der Waals surface area contributed by atoms with Gasteiger partial charge in [-0.3, -0.25) is 0 Å². The monoisotopic (exact) mass is 150 g/mol. The minimum atomic E-state index is 0.379. The molecule has 1 aliphatic rings. The predicted octanol–water partition coefficient (Wildman–Crippen LogP) is 3.54. The summed E-state index contributed by atoms with van der Waals surface area (Å²) in [5.41, 5.74) is 6.96. The van der Waals surface area contributed by atoms with Gasteiger partial charge in [0.05, 0.1) is 0 Å². The van der Waals surface area contributed by atoms with Crippen LogP contribution in [0.25, 0.3) is 0 Å². The van der Waals surface area contributed by atoms with Crippen molar-refractivity contribution in [1.29, 1.82) is 0 Å². The van der Waals surface area contributed by atoms with Gasteiger partial charge in [0.1, 0.15) is 0 Å². The van der Waals surface area contributed by atoms with Crippen LogP contribution in [-0.4, -0.2) is 0 Å². The number of rotatable bonds is 0. The minimum absolute atomic E-state index is 0.379. The van der Waals surface area contributed by atoms with Crippen molar-refractivity contribution in [1.82, 2.24) is 0 Å². The van der Waals surface area contributed by atoms with Crippen LogP contribution < -0.4 is 0 Å². The Labute approximate surface area is 70.0 Å². The second-order valence-electron chi connectivity index (χ2n) is 4.75. The Kier molecular flexibility index (Phi) is 1.58. The molecule has 11 heavy (non-hydrogen) atoms. The summed E-state index contributed by atoms with van der Waals surface area (Å²) >= 11 is 0. The Hall–Kier alpha value is -0.480. The van der Waals surface area contributed by atoms with E-state index >= 15 is 0 Å². The molecule has 0 aromatic rings. The Balaban J connectivity index is 3.11. The molecule has 1 rings (SSSR count). The molecule has 0 radical (unpaired) electrons. The summed E-state index contributed by atoms with van der Waals surface area (Å²) in [5, 5.41) is 0. The average Bonchev–Trinajstić information content (AvgIpc) is 2.11. The molecular weight excluding hydrogens is 132 g/mol. The average molecular weight is 150 g/mol. The first-order chi connectivity index (χ1) is 4.80. The molecule has 0 aromatic carbocycles. The van der Waals surface area contributed by atoms with E-state index in [1.165, 1.54) is 11.1 Å². The zero-order valence-corrected chi connectivity index (χ0v) is 8.50. The predicted molar refractivity (Wildman–Crippen MR) is 49.4 cm³/mol. The molecule has 0 aliphatic heterocycles. The van der Waals surface area contributed by atoms with Gasteiger partial charge in [-0.15, -0.1) is 5.73 Å². The van der Waals surface area contributed by atoms with E-state index in [-0.39, 0.29) is 0 Å². The van der Waals surface area contributed by atoms with Gasteiger partial charge in [0.15, 0.2) is 0 Å². The highest BCUT2D eigenvalue weighted by Gasteiger charge is 2.59. The molecule has 0 heteroatoms. The van der Waals surface area contributed by atoms with Crippen LogP contribution in [0, 0.1) is 10.8 Å². The lowest BCUT2D eigenvalue weighted by atomic mass is 10.0. The van der Waals surface area contributed by atoms with Crippen LogP contribution in [0.15, 0.2) is 16.9 Å². The largest absolute Gasteiger partial charge is 0.122 e. The van der Waals surface area contributed by atoms with Gasteiger partial charge in [0, 0.05) is 10.8 Å². The highest BCUT2D eigenvalue weighted by Crippen LogP contribution is 2.67. The quantitative estimate of drug-likeness (QED) is 0.463. The molecule has 0 bridgehead atoms. The molecule has 0 atom stereocenters. The molecule has 0 nitrogen and oxygen atoms in total. The SMILES string of the molecule is CC(C)=C=C1C(C)(C)C1(C)C. The van der Waals surface area contributed by atoms with Crippen molar-refractivity contribution in [3.63, 3.8) is 0 Å². The fraction of sp³-hybridized carbons (Fsp3) is 0.727. The van der Waals surface area contributed by atoms with E-state index in [1.807, 2.05) is 0 Å². The van der Waals surface area contributed by atoms with Crippen molar-refractivity contribution < 1.29 is 0 Å². The van der Waals surface area contributed by atoms with Gasteiger partial charge >= 0.3 is 0 Å². The summed E-state index contributed by atoms with van der Waals surface area (Å²) in [7, 11) is 0. The number of hydrogen-bond acceptors (Lipinski definition) is 0. The van der Waals surface area contributed by atoms with E-state index in [9.17, 15) is 0 Å². The zero-order chi connectivity index (χ0) is 8.86. The van der Waals surface area contributed by atoms with Crippen molar-refractivity contribution in [2.75, 3.05) is 0 Å². The lowest BCUT2D eigenvalue weighted by molar-refractivity contribution is 0.457. The van der Waals surface area contributed by atoms with Gasteiger partial charge < -0.3 is 0 Å². The van der Waals surface area contributed by atoms with Crippen LogP contribution in [0.4, 0.5) is 0 Å². The number of hydrogen-bond donors (Lipinski definition) is 0. The molecule has 1 aliphatic carbocycles. The molecular formula is C11H18. The molecule has 0 amide bonds. The van der Waals surface area contributed by atoms with Crippen LogP contribution in [-0.2, 0) is 0 Å². The summed E-state index contributed by atoms with van der Waals surface area (Å²) in [6.07, 6.45) is 0. The van der Waals surface area contributed by atoms with Crippen LogP contribution in [0.1, 0.15) is 41.5 Å². The lowest BCUT2D eigenvalue weighted by Gasteiger charge is -2.02. The number of allylic oxidation sites excluding steroid dienone is 1. The summed E-state index contributed by atoms with van der Waals surface area (Å²) in [5.74, 6) is 0. The van der Waals surface area contributed by atoms with Gasteiger partial charge in [-0.25, -0.2) is 0 Å². The molecule has 1 saturated carbocycles. The van der Waals surface area contributed by atoms with Crippen LogP contribution in [0.3, 0.4) is 0 Å². The minimum Gasteiger partial charge on any atom is -0.122 e. The van der Waals surface area contributed by atoms with Crippen molar-refractivity contribution in [3.8, 4) is 0 Å². The fourth-order valence-electron chi connectivity index (χ4n) is 1.59. The van der Waals surface area contributed by atoms with E-state index < -0.39 is 0 Å². The first-order valence-corrected chi connectivity index (χ1v) is 4.25. The van der Waals surface area contributed by atoms with E-state index in [4.69, 9.17) is 0 Å². The van der Waals surface area contributed by atoms with Gasteiger partial charge in [-0.2, -0.15) is 0 Å². The van der Waals surface area contributed by atoms with Crippen molar-refractivity contribution >= 4 is 0 Å². The first-order valence-electron chi connectivity index (χ1n) is 4.25. The highest BCUT2D eigenvalue weighted by atomic mass is 14.6. The van der Waals surface area contributed by atoms with Crippen molar-refractivity contribution in [2.24, 2.45) is 10.8 Å². The summed E-state index contributed by atoms with van der Waals surface area (Å²) < 4.78 is 0. The Morgan fingerprint density at radius 2 is 1.36 bits per heavy atom. The molecule has 0 saturated heterocycles. The Bertz CT molecular complexity index is 225. The molecule has 0 unspecified atom stereocenters. The first kappa shape index (κ1) is 8.62. The zero-order valence-electron chi connectivity index (χ0n) is 8.50. The van der Waals surface area contributed by atoms with Crippen LogP contribution in [0.2, 0.25) is 0 Å². The second-order valence-corrected chi connectivity index (χ2v) is 4.75. The summed E-state index contributed by atoms with van der Waals surface area (Å²) in [6.45, 7) is 13.4. The molecule has 0 N–H and O–H groups in total. The van der Waals surface area contributed by atoms with Gasteiger partial charge in [-0.05, 0) is 25.0 Å². The Morgan fingerprint density at radius 3 is 1.45 bits per heavy atom. The molecule has 0 aromatic heterocycles. The summed E-state index contributed by atoms with van der Waals surface area (Å²) in [4.78, 5) is 0. The fourth-order valence-corrected chi connectivity index (χ4v) is 1.59. The van der Waals surface area contributed by atoms with Crippen LogP contribution >= 0.6 is 0 Å². The summed E-state index contributed by atoms with van der Waals surface area (Å²) in [6, 6.07) is 0. The highest BCUT2D eigenvalue weighted by molar-refractivity contribution is 5.41. The van der Waals surface area contributed by atoms with Gasteiger partial charge in [0.25, 0.3) is 0 Å². The topological polar surface area (TPSA) is 0 Å². The van der Waals surface area contributed by atoms with Crippen molar-refractivity contribution in [3.05, 3.63) is 16.9 Å². The van der Waals surface area contributed by atoms with E-state index in [2.05, 4.69) is 47.3 Å². The van der Waals surface area contributed by atoms with Gasteiger partial charge in [0.2, 0.25) is 0 Å². The molecule has 0 heterocycles. The third-order valence-corrected chi connectivity index (χ3v) is 3.12. The van der Waals surface area contributed by atoms with Crippen LogP contribution in [0.5, 0.6) is 0 Å². The van der Waals surface area contributed by atoms with Crippen molar-refractivity contribution in [2.45, 2.75) is 41.5 Å². The Morgan fingerprint density at radius 1 is 1.00 bits per heavy atom. The third kappa shape index (κ3) is 1.06. The second kappa shape index (κ2) is 2.01. The lowest BCUT2D eigenvalue weighted by Crippen LogP contribution is -1.95. The maximum atomic E-state index is 3.43. The van der Waals surface area contributed by atoms with Gasteiger partial charge in [-0.1, -0.05) is 27.7 Å². The van der Waals surface area contributed by atoms with E-state index in [0.29, 0.717) is 10.8 Å². The maximum Gasteiger partial charge on any atom is 0.00315 e. The third-order valence-electron chi connectivity index (χ3n) is 3.12. The molecule has 0 spiro atoms. The maximum absolute atomic E-state index is 3.43. The van der Waals surface area contributed by atoms with E-state index in [1.54, 1.807) is 0 Å².